The molecular formula is C21H26N6O. The van der Waals surface area contributed by atoms with Gasteiger partial charge in [0.25, 0.3) is 0 Å². The standard InChI is InChI=1S/C21H26N6O/c1-25(2)21-16(6-5-9-22-21)14-27-10-11-28-20(15-27)19-8-4-7-18(24-19)17-12-23-26(3)13-17/h4-9,12-13,20H,10-11,14-15H2,1-3H3. The van der Waals surface area contributed by atoms with Gasteiger partial charge >= 0.3 is 0 Å². The van der Waals surface area contributed by atoms with Crippen LogP contribution in [0.1, 0.15) is 17.4 Å². The van der Waals surface area contributed by atoms with Crippen LogP contribution in [0.4, 0.5) is 5.82 Å². The van der Waals surface area contributed by atoms with E-state index in [0.717, 1.165) is 42.4 Å². The molecule has 3 aromatic heterocycles. The van der Waals surface area contributed by atoms with Crippen LogP contribution >= 0.6 is 0 Å². The van der Waals surface area contributed by atoms with E-state index in [4.69, 9.17) is 9.72 Å². The van der Waals surface area contributed by atoms with E-state index >= 15 is 0 Å². The van der Waals surface area contributed by atoms with E-state index in [9.17, 15) is 0 Å². The lowest BCUT2D eigenvalue weighted by atomic mass is 10.1. The van der Waals surface area contributed by atoms with Crippen LogP contribution in [0, 0.1) is 0 Å². The average molecular weight is 378 g/mol. The number of nitrogens with zero attached hydrogens (tertiary/aromatic N) is 6. The summed E-state index contributed by atoms with van der Waals surface area (Å²) in [5.74, 6) is 1.02. The molecule has 146 valence electrons. The maximum absolute atomic E-state index is 6.05. The summed E-state index contributed by atoms with van der Waals surface area (Å²) in [5.41, 5.74) is 4.13. The largest absolute Gasteiger partial charge is 0.369 e. The molecule has 0 aromatic carbocycles. The fourth-order valence-electron chi connectivity index (χ4n) is 3.57. The molecule has 4 heterocycles. The molecule has 7 heteroatoms. The third-order valence-corrected chi connectivity index (χ3v) is 4.94. The van der Waals surface area contributed by atoms with Gasteiger partial charge in [-0.3, -0.25) is 9.58 Å². The summed E-state index contributed by atoms with van der Waals surface area (Å²) in [5, 5.41) is 4.24. The molecule has 1 aliphatic rings. The Hall–Kier alpha value is -2.77. The molecule has 1 aliphatic heterocycles. The van der Waals surface area contributed by atoms with Gasteiger partial charge in [-0.1, -0.05) is 12.1 Å². The maximum Gasteiger partial charge on any atom is 0.132 e. The summed E-state index contributed by atoms with van der Waals surface area (Å²) in [6.07, 6.45) is 5.62. The minimum Gasteiger partial charge on any atom is -0.369 e. The monoisotopic (exact) mass is 378 g/mol. The van der Waals surface area contributed by atoms with Crippen molar-refractivity contribution in [1.82, 2.24) is 24.6 Å². The molecule has 0 aliphatic carbocycles. The summed E-state index contributed by atoms with van der Waals surface area (Å²) in [6, 6.07) is 10.2. The number of aromatic nitrogens is 4. The molecular weight excluding hydrogens is 352 g/mol. The first kappa shape index (κ1) is 18.6. The molecule has 1 atom stereocenters. The van der Waals surface area contributed by atoms with Gasteiger partial charge < -0.3 is 9.64 Å². The zero-order valence-corrected chi connectivity index (χ0v) is 16.6. The molecule has 0 N–H and O–H groups in total. The molecule has 1 unspecified atom stereocenters. The lowest BCUT2D eigenvalue weighted by Crippen LogP contribution is -2.38. The molecule has 3 aromatic rings. The first-order chi connectivity index (χ1) is 13.6. The van der Waals surface area contributed by atoms with Crippen LogP contribution in [0.5, 0.6) is 0 Å². The van der Waals surface area contributed by atoms with Gasteiger partial charge in [0.05, 0.1) is 24.2 Å². The van der Waals surface area contributed by atoms with Gasteiger partial charge in [-0.25, -0.2) is 9.97 Å². The SMILES string of the molecule is CN(C)c1ncccc1CN1CCOC(c2cccc(-c3cnn(C)c3)n2)C1. The average Bonchev–Trinajstić information content (AvgIpc) is 3.15. The molecule has 28 heavy (non-hydrogen) atoms. The van der Waals surface area contributed by atoms with Crippen LogP contribution in [0.2, 0.25) is 0 Å². The molecule has 0 saturated carbocycles. The smallest absolute Gasteiger partial charge is 0.132 e. The molecule has 1 saturated heterocycles. The summed E-state index contributed by atoms with van der Waals surface area (Å²) in [4.78, 5) is 13.8. The van der Waals surface area contributed by atoms with Crippen molar-refractivity contribution in [3.63, 3.8) is 0 Å². The van der Waals surface area contributed by atoms with E-state index in [1.54, 1.807) is 4.68 Å². The van der Waals surface area contributed by atoms with E-state index < -0.39 is 0 Å². The van der Waals surface area contributed by atoms with Gasteiger partial charge in [-0.15, -0.1) is 0 Å². The molecule has 0 bridgehead atoms. The van der Waals surface area contributed by atoms with E-state index in [1.165, 1.54) is 5.56 Å². The molecule has 4 rings (SSSR count). The number of rotatable bonds is 5. The minimum atomic E-state index is -0.0372. The van der Waals surface area contributed by atoms with E-state index in [1.807, 2.05) is 64.0 Å². The molecule has 0 spiro atoms. The molecule has 1 fully saturated rings. The summed E-state index contributed by atoms with van der Waals surface area (Å²) < 4.78 is 7.85. The number of pyridine rings is 2. The van der Waals surface area contributed by atoms with Crippen molar-refractivity contribution < 1.29 is 4.74 Å². The van der Waals surface area contributed by atoms with Gasteiger partial charge in [0, 0.05) is 64.3 Å². The predicted octanol–water partition coefficient (Wildman–Crippen LogP) is 2.52. The fraction of sp³-hybridized carbons (Fsp3) is 0.381. The highest BCUT2D eigenvalue weighted by atomic mass is 16.5. The lowest BCUT2D eigenvalue weighted by molar-refractivity contribution is -0.0349. The van der Waals surface area contributed by atoms with Gasteiger partial charge in [-0.2, -0.15) is 5.10 Å². The van der Waals surface area contributed by atoms with E-state index in [-0.39, 0.29) is 6.10 Å². The number of hydrogen-bond acceptors (Lipinski definition) is 6. The van der Waals surface area contributed by atoms with Gasteiger partial charge in [0.15, 0.2) is 0 Å². The number of hydrogen-bond donors (Lipinski definition) is 0. The number of morpholine rings is 1. The Morgan fingerprint density at radius 3 is 2.89 bits per heavy atom. The van der Waals surface area contributed by atoms with Crippen LogP contribution in [-0.4, -0.2) is 58.4 Å². The Balaban J connectivity index is 1.50. The first-order valence-electron chi connectivity index (χ1n) is 9.51. The second-order valence-electron chi connectivity index (χ2n) is 7.33. The highest BCUT2D eigenvalue weighted by Crippen LogP contribution is 2.26. The summed E-state index contributed by atoms with van der Waals surface area (Å²) in [7, 11) is 5.97. The van der Waals surface area contributed by atoms with Gasteiger partial charge in [0.2, 0.25) is 0 Å². The Kier molecular flexibility index (Phi) is 5.36. The number of aryl methyl sites for hydroxylation is 1. The van der Waals surface area contributed by atoms with Crippen molar-refractivity contribution in [3.05, 3.63) is 60.2 Å². The van der Waals surface area contributed by atoms with E-state index in [0.29, 0.717) is 6.61 Å². The summed E-state index contributed by atoms with van der Waals surface area (Å²) in [6.45, 7) is 3.26. The Labute approximate surface area is 165 Å². The highest BCUT2D eigenvalue weighted by molar-refractivity contribution is 5.57. The van der Waals surface area contributed by atoms with Crippen molar-refractivity contribution in [2.75, 3.05) is 38.7 Å². The van der Waals surface area contributed by atoms with Crippen molar-refractivity contribution in [3.8, 4) is 11.3 Å². The molecule has 0 amide bonds. The quantitative estimate of drug-likeness (QED) is 0.680. The Bertz CT molecular complexity index is 938. The van der Waals surface area contributed by atoms with Crippen molar-refractivity contribution >= 4 is 5.82 Å². The lowest BCUT2D eigenvalue weighted by Gasteiger charge is -2.33. The topological polar surface area (TPSA) is 59.3 Å². The van der Waals surface area contributed by atoms with Crippen LogP contribution in [0.25, 0.3) is 11.3 Å². The van der Waals surface area contributed by atoms with Crippen LogP contribution < -0.4 is 4.90 Å². The van der Waals surface area contributed by atoms with Crippen molar-refractivity contribution in [2.45, 2.75) is 12.6 Å². The fourth-order valence-corrected chi connectivity index (χ4v) is 3.57. The molecule has 0 radical (unpaired) electrons. The van der Waals surface area contributed by atoms with Crippen LogP contribution in [0.15, 0.2) is 48.9 Å². The van der Waals surface area contributed by atoms with E-state index in [2.05, 4.69) is 25.9 Å². The third-order valence-electron chi connectivity index (χ3n) is 4.94. The second-order valence-corrected chi connectivity index (χ2v) is 7.33. The number of anilines is 1. The zero-order chi connectivity index (χ0) is 19.5. The normalized spacial score (nSPS) is 17.6. The Morgan fingerprint density at radius 1 is 1.21 bits per heavy atom. The Morgan fingerprint density at radius 2 is 2.11 bits per heavy atom. The van der Waals surface area contributed by atoms with Crippen molar-refractivity contribution in [1.29, 1.82) is 0 Å². The number of ether oxygens (including phenoxy) is 1. The minimum absolute atomic E-state index is 0.0372. The maximum atomic E-state index is 6.05. The van der Waals surface area contributed by atoms with Crippen LogP contribution in [0.3, 0.4) is 0 Å². The molecule has 7 nitrogen and oxygen atoms in total. The van der Waals surface area contributed by atoms with Crippen LogP contribution in [-0.2, 0) is 18.3 Å². The predicted molar refractivity (Wildman–Crippen MR) is 109 cm³/mol. The van der Waals surface area contributed by atoms with Gasteiger partial charge in [-0.05, 0) is 18.2 Å². The second kappa shape index (κ2) is 8.08. The van der Waals surface area contributed by atoms with Gasteiger partial charge in [0.1, 0.15) is 11.9 Å². The first-order valence-corrected chi connectivity index (χ1v) is 9.51. The summed E-state index contributed by atoms with van der Waals surface area (Å²) >= 11 is 0. The highest BCUT2D eigenvalue weighted by Gasteiger charge is 2.24. The third kappa shape index (κ3) is 4.05. The van der Waals surface area contributed by atoms with Crippen molar-refractivity contribution in [2.24, 2.45) is 7.05 Å². The zero-order valence-electron chi connectivity index (χ0n) is 16.6.